The molecule has 1 aromatic carbocycles. The molecule has 0 fully saturated rings. The van der Waals surface area contributed by atoms with Gasteiger partial charge in [-0.25, -0.2) is 0 Å². The number of benzene rings is 1. The third kappa shape index (κ3) is 6.78. The van der Waals surface area contributed by atoms with E-state index in [1.165, 1.54) is 12.1 Å². The van der Waals surface area contributed by atoms with Gasteiger partial charge in [0, 0.05) is 18.1 Å². The number of carboxylic acids is 1. The van der Waals surface area contributed by atoms with Crippen LogP contribution >= 0.6 is 0 Å². The topological polar surface area (TPSA) is 92.3 Å². The third-order valence-corrected chi connectivity index (χ3v) is 1.97. The largest absolute Gasteiger partial charge is 1.00 e. The molecule has 0 spiro atoms. The van der Waals surface area contributed by atoms with Crippen LogP contribution in [0, 0.1) is 0 Å². The fraction of sp³-hybridized carbons (Fsp3) is 0.273. The summed E-state index contributed by atoms with van der Waals surface area (Å²) in [5, 5.41) is 23.8. The Labute approximate surface area is 129 Å². The minimum Gasteiger partial charge on any atom is -0.872 e. The molecule has 1 rings (SSSR count). The molecule has 18 heavy (non-hydrogen) atoms. The van der Waals surface area contributed by atoms with Crippen LogP contribution in [-0.2, 0) is 4.79 Å². The van der Waals surface area contributed by atoms with Crippen molar-refractivity contribution >= 4 is 11.9 Å². The van der Waals surface area contributed by atoms with Gasteiger partial charge in [0.15, 0.2) is 0 Å². The van der Waals surface area contributed by atoms with Gasteiger partial charge in [0.2, 0.25) is 0 Å². The molecule has 0 bridgehead atoms. The smallest absolute Gasteiger partial charge is 0.872 e. The molecule has 1 N–H and O–H groups in total. The zero-order valence-corrected chi connectivity index (χ0v) is 10.6. The van der Waals surface area contributed by atoms with E-state index < -0.39 is 11.9 Å². The summed E-state index contributed by atoms with van der Waals surface area (Å²) in [5.41, 5.74) is 0.0657. The van der Waals surface area contributed by atoms with Gasteiger partial charge in [-0.3, -0.25) is 4.79 Å². The normalized spacial score (nSPS) is 8.67. The summed E-state index contributed by atoms with van der Waals surface area (Å²) in [6.45, 7) is 0.209. The summed E-state index contributed by atoms with van der Waals surface area (Å²) in [7, 11) is 0. The molecule has 1 amide bonds. The Morgan fingerprint density at radius 2 is 1.78 bits per heavy atom. The number of para-hydroxylation sites is 1. The number of carbonyl (C=O) groups excluding carboxylic acids is 2. The first kappa shape index (κ1) is 19.5. The molecule has 0 radical (unpaired) electrons. The molecular formula is C11H11Li2NO4. The zero-order chi connectivity index (χ0) is 12.0. The van der Waals surface area contributed by atoms with Crippen LogP contribution in [0.25, 0.3) is 0 Å². The second kappa shape index (κ2) is 10.1. The van der Waals surface area contributed by atoms with Crippen molar-refractivity contribution in [3.63, 3.8) is 0 Å². The average molecular weight is 235 g/mol. The molecule has 0 aliphatic heterocycles. The van der Waals surface area contributed by atoms with Crippen molar-refractivity contribution in [1.82, 2.24) is 5.32 Å². The first-order valence-electron chi connectivity index (χ1n) is 4.85. The number of aliphatic carboxylic acids is 1. The third-order valence-electron chi connectivity index (χ3n) is 1.97. The molecule has 0 heterocycles. The van der Waals surface area contributed by atoms with Gasteiger partial charge in [-0.15, -0.1) is 0 Å². The van der Waals surface area contributed by atoms with E-state index >= 15 is 0 Å². The summed E-state index contributed by atoms with van der Waals surface area (Å²) in [6, 6.07) is 5.87. The Kier molecular flexibility index (Phi) is 11.0. The molecule has 0 unspecified atom stereocenters. The molecule has 0 saturated heterocycles. The Balaban J connectivity index is 0. The van der Waals surface area contributed by atoms with E-state index in [-0.39, 0.29) is 68.4 Å². The van der Waals surface area contributed by atoms with Crippen LogP contribution in [-0.4, -0.2) is 18.4 Å². The standard InChI is InChI=1S/C11H13NO4.2Li/c13-9-5-2-1-4-8(9)11(16)12-7-3-6-10(14)15;;/h1-2,4-5,13H,3,6-7H2,(H,12,16)(H,14,15);;/q;2*+1/p-2. The van der Waals surface area contributed by atoms with Crippen LogP contribution in [0.5, 0.6) is 5.75 Å². The summed E-state index contributed by atoms with van der Waals surface area (Å²) in [5.74, 6) is -1.98. The SMILES string of the molecule is O=C([O-])CCCNC(=O)c1ccccc1[O-].[Li+].[Li+]. The number of amides is 1. The molecule has 5 nitrogen and oxygen atoms in total. The molecule has 86 valence electrons. The Hall–Kier alpha value is -0.845. The van der Waals surface area contributed by atoms with E-state index in [1.807, 2.05) is 0 Å². The number of nitrogens with one attached hydrogen (secondary N) is 1. The number of rotatable bonds is 5. The predicted octanol–water partition coefficient (Wildman–Crippen LogP) is -6.97. The maximum atomic E-state index is 11.4. The molecule has 0 atom stereocenters. The second-order valence-electron chi connectivity index (χ2n) is 3.23. The van der Waals surface area contributed by atoms with Crippen molar-refractivity contribution in [1.29, 1.82) is 0 Å². The first-order chi connectivity index (χ1) is 7.61. The molecule has 1 aromatic rings. The summed E-state index contributed by atoms with van der Waals surface area (Å²) in [6.07, 6.45) is 0.175. The van der Waals surface area contributed by atoms with Gasteiger partial charge < -0.3 is 20.3 Å². The van der Waals surface area contributed by atoms with Gasteiger partial charge in [0.25, 0.3) is 5.91 Å². The van der Waals surface area contributed by atoms with Gasteiger partial charge in [-0.1, -0.05) is 30.0 Å². The van der Waals surface area contributed by atoms with E-state index in [1.54, 1.807) is 12.1 Å². The summed E-state index contributed by atoms with van der Waals surface area (Å²) in [4.78, 5) is 21.5. The number of hydrogen-bond donors (Lipinski definition) is 1. The van der Waals surface area contributed by atoms with Crippen molar-refractivity contribution < 1.29 is 57.5 Å². The quantitative estimate of drug-likeness (QED) is 0.405. The Morgan fingerprint density at radius 3 is 2.33 bits per heavy atom. The molecule has 0 saturated carbocycles. The van der Waals surface area contributed by atoms with Gasteiger partial charge in [-0.2, -0.15) is 0 Å². The van der Waals surface area contributed by atoms with Crippen molar-refractivity contribution in [3.05, 3.63) is 29.8 Å². The maximum Gasteiger partial charge on any atom is 1.00 e. The van der Waals surface area contributed by atoms with Crippen LogP contribution in [0.15, 0.2) is 24.3 Å². The van der Waals surface area contributed by atoms with E-state index in [9.17, 15) is 19.8 Å². The van der Waals surface area contributed by atoms with Gasteiger partial charge in [0.05, 0.1) is 0 Å². The Morgan fingerprint density at radius 1 is 1.17 bits per heavy atom. The zero-order valence-electron chi connectivity index (χ0n) is 10.6. The average Bonchev–Trinajstić information content (AvgIpc) is 2.24. The van der Waals surface area contributed by atoms with Crippen LogP contribution in [0.2, 0.25) is 0 Å². The van der Waals surface area contributed by atoms with Gasteiger partial charge >= 0.3 is 37.7 Å². The van der Waals surface area contributed by atoms with Crippen molar-refractivity contribution in [2.24, 2.45) is 0 Å². The number of hydrogen-bond acceptors (Lipinski definition) is 4. The van der Waals surface area contributed by atoms with E-state index in [2.05, 4.69) is 5.32 Å². The van der Waals surface area contributed by atoms with Crippen LogP contribution < -0.4 is 53.3 Å². The van der Waals surface area contributed by atoms with Crippen LogP contribution in [0.4, 0.5) is 0 Å². The number of carboxylic acid groups (broad SMARTS) is 1. The number of carbonyl (C=O) groups is 2. The molecule has 0 aliphatic carbocycles. The molecule has 0 aromatic heterocycles. The van der Waals surface area contributed by atoms with Crippen molar-refractivity contribution in [2.45, 2.75) is 12.8 Å². The van der Waals surface area contributed by atoms with Gasteiger partial charge in [0.1, 0.15) is 0 Å². The molecule has 0 aliphatic rings. The first-order valence-corrected chi connectivity index (χ1v) is 4.85. The van der Waals surface area contributed by atoms with Gasteiger partial charge in [-0.05, 0) is 12.8 Å². The van der Waals surface area contributed by atoms with Crippen molar-refractivity contribution in [3.8, 4) is 5.75 Å². The van der Waals surface area contributed by atoms with E-state index in [0.717, 1.165) is 0 Å². The van der Waals surface area contributed by atoms with Crippen molar-refractivity contribution in [2.75, 3.05) is 6.54 Å². The second-order valence-corrected chi connectivity index (χ2v) is 3.23. The fourth-order valence-electron chi connectivity index (χ4n) is 1.18. The van der Waals surface area contributed by atoms with Crippen LogP contribution in [0.3, 0.4) is 0 Å². The predicted molar refractivity (Wildman–Crippen MR) is 52.5 cm³/mol. The minimum atomic E-state index is -1.15. The minimum absolute atomic E-state index is 0. The van der Waals surface area contributed by atoms with E-state index in [0.29, 0.717) is 0 Å². The fourth-order valence-corrected chi connectivity index (χ4v) is 1.18. The summed E-state index contributed by atoms with van der Waals surface area (Å²) < 4.78 is 0. The van der Waals surface area contributed by atoms with E-state index in [4.69, 9.17) is 0 Å². The summed E-state index contributed by atoms with van der Waals surface area (Å²) >= 11 is 0. The maximum absolute atomic E-state index is 11.4. The molecule has 7 heteroatoms. The molecular weight excluding hydrogens is 224 g/mol. The monoisotopic (exact) mass is 235 g/mol. The van der Waals surface area contributed by atoms with Crippen LogP contribution in [0.1, 0.15) is 23.2 Å². The Bertz CT molecular complexity index is 398.